The Kier molecular flexibility index (Phi) is 8.39. The fraction of sp³-hybridized carbons (Fsp3) is 0.172. The van der Waals surface area contributed by atoms with Gasteiger partial charge >= 0.3 is 6.03 Å². The van der Waals surface area contributed by atoms with E-state index in [1.807, 2.05) is 72.5 Å². The first-order valence-corrected chi connectivity index (χ1v) is 14.7. The molecule has 194 valence electrons. The molecule has 2 aliphatic rings. The van der Waals surface area contributed by atoms with E-state index in [2.05, 4.69) is 22.8 Å². The van der Waals surface area contributed by atoms with Crippen molar-refractivity contribution in [2.45, 2.75) is 39.7 Å². The van der Waals surface area contributed by atoms with Gasteiger partial charge in [0.15, 0.2) is 0 Å². The second kappa shape index (κ2) is 11.9. The summed E-state index contributed by atoms with van der Waals surface area (Å²) in [4.78, 5) is 30.4. The van der Waals surface area contributed by atoms with Gasteiger partial charge in [-0.3, -0.25) is 9.69 Å². The largest absolute Gasteiger partial charge is 0.326 e. The summed E-state index contributed by atoms with van der Waals surface area (Å²) >= 11 is 15.5. The van der Waals surface area contributed by atoms with E-state index in [-0.39, 0.29) is 28.5 Å². The van der Waals surface area contributed by atoms with Crippen LogP contribution in [-0.2, 0) is 4.79 Å². The zero-order valence-corrected chi connectivity index (χ0v) is 23.6. The standard InChI is InChI=1S/C29H25Cl2N3O2S2/c1-2-24(28(35)33-21-12-8-11-20(30)27(21)31)37-19-10-7-9-18(17-19)32-29(36)34-22-13-3-5-15-25(22)38-26-16-6-4-14-23(26)34/h3-17,22,24-25H,2H2,1H3,(H,32,36)(H,33,35). The molecule has 3 atom stereocenters. The number of rotatable bonds is 6. The summed E-state index contributed by atoms with van der Waals surface area (Å²) < 4.78 is 0. The number of carbonyl (C=O) groups is 2. The summed E-state index contributed by atoms with van der Waals surface area (Å²) in [6.45, 7) is 1.96. The summed E-state index contributed by atoms with van der Waals surface area (Å²) in [5.74, 6) is -0.165. The maximum Gasteiger partial charge on any atom is 0.326 e. The lowest BCUT2D eigenvalue weighted by Crippen LogP contribution is -2.49. The minimum absolute atomic E-state index is 0.0797. The molecular formula is C29H25Cl2N3O2S2. The van der Waals surface area contributed by atoms with Gasteiger partial charge in [-0.15, -0.1) is 23.5 Å². The lowest BCUT2D eigenvalue weighted by molar-refractivity contribution is -0.115. The van der Waals surface area contributed by atoms with Crippen molar-refractivity contribution in [3.63, 3.8) is 0 Å². The molecule has 9 heteroatoms. The summed E-state index contributed by atoms with van der Waals surface area (Å²) in [5.41, 5.74) is 2.04. The quantitative estimate of drug-likeness (QED) is 0.286. The van der Waals surface area contributed by atoms with Crippen molar-refractivity contribution >= 4 is 75.7 Å². The van der Waals surface area contributed by atoms with E-state index in [4.69, 9.17) is 23.2 Å². The summed E-state index contributed by atoms with van der Waals surface area (Å²) in [5, 5.41) is 6.45. The Morgan fingerprint density at radius 3 is 2.63 bits per heavy atom. The highest BCUT2D eigenvalue weighted by Crippen LogP contribution is 2.43. The van der Waals surface area contributed by atoms with Crippen molar-refractivity contribution in [1.82, 2.24) is 0 Å². The molecule has 1 aliphatic heterocycles. The Balaban J connectivity index is 1.31. The molecule has 5 nitrogen and oxygen atoms in total. The van der Waals surface area contributed by atoms with Gasteiger partial charge < -0.3 is 10.6 Å². The molecule has 0 radical (unpaired) electrons. The Bertz CT molecular complexity index is 1430. The number of carbonyl (C=O) groups excluding carboxylic acids is 2. The number of nitrogens with one attached hydrogen (secondary N) is 2. The van der Waals surface area contributed by atoms with Crippen LogP contribution >= 0.6 is 46.7 Å². The third kappa shape index (κ3) is 5.76. The third-order valence-corrected chi connectivity index (χ3v) is 9.68. The molecule has 1 aliphatic carbocycles. The van der Waals surface area contributed by atoms with Gasteiger partial charge in [-0.25, -0.2) is 4.79 Å². The van der Waals surface area contributed by atoms with Crippen LogP contribution in [0.2, 0.25) is 10.0 Å². The predicted molar refractivity (Wildman–Crippen MR) is 161 cm³/mol. The number of allylic oxidation sites excluding steroid dienone is 2. The Labute approximate surface area is 240 Å². The summed E-state index contributed by atoms with van der Waals surface area (Å²) in [6.07, 6.45) is 8.82. The molecule has 3 amide bonds. The molecule has 38 heavy (non-hydrogen) atoms. The zero-order chi connectivity index (χ0) is 26.6. The molecule has 0 spiro atoms. The minimum atomic E-state index is -0.359. The molecule has 3 unspecified atom stereocenters. The number of amides is 3. The molecule has 0 bridgehead atoms. The van der Waals surface area contributed by atoms with Gasteiger partial charge in [0.1, 0.15) is 0 Å². The van der Waals surface area contributed by atoms with Gasteiger partial charge in [0.2, 0.25) is 5.91 Å². The number of halogens is 2. The number of anilines is 3. The molecule has 0 saturated carbocycles. The second-order valence-corrected chi connectivity index (χ2v) is 12.0. The highest BCUT2D eigenvalue weighted by atomic mass is 35.5. The minimum Gasteiger partial charge on any atom is -0.324 e. The van der Waals surface area contributed by atoms with Gasteiger partial charge in [0, 0.05) is 15.5 Å². The van der Waals surface area contributed by atoms with Crippen molar-refractivity contribution in [3.8, 4) is 0 Å². The highest BCUT2D eigenvalue weighted by molar-refractivity contribution is 8.00. The number of nitrogens with zero attached hydrogens (tertiary/aromatic N) is 1. The van der Waals surface area contributed by atoms with Gasteiger partial charge in [0.05, 0.1) is 38.0 Å². The number of hydrogen-bond donors (Lipinski definition) is 2. The number of benzene rings is 3. The zero-order valence-electron chi connectivity index (χ0n) is 20.4. The highest BCUT2D eigenvalue weighted by Gasteiger charge is 2.36. The molecular weight excluding hydrogens is 557 g/mol. The first-order valence-electron chi connectivity index (χ1n) is 12.2. The van der Waals surface area contributed by atoms with E-state index in [9.17, 15) is 9.59 Å². The molecule has 0 aromatic heterocycles. The molecule has 3 aromatic carbocycles. The van der Waals surface area contributed by atoms with E-state index >= 15 is 0 Å². The van der Waals surface area contributed by atoms with Crippen molar-refractivity contribution in [2.75, 3.05) is 15.5 Å². The Morgan fingerprint density at radius 2 is 1.79 bits per heavy atom. The van der Waals surface area contributed by atoms with Crippen LogP contribution in [0.3, 0.4) is 0 Å². The van der Waals surface area contributed by atoms with Gasteiger partial charge in [-0.1, -0.05) is 78.7 Å². The van der Waals surface area contributed by atoms with Gasteiger partial charge in [-0.05, 0) is 48.9 Å². The van der Waals surface area contributed by atoms with Crippen LogP contribution in [-0.4, -0.2) is 28.5 Å². The van der Waals surface area contributed by atoms with E-state index in [0.717, 1.165) is 15.5 Å². The molecule has 0 fully saturated rings. The van der Waals surface area contributed by atoms with Crippen LogP contribution in [0, 0.1) is 0 Å². The number of hydrogen-bond acceptors (Lipinski definition) is 4. The number of fused-ring (bicyclic) bond motifs is 2. The van der Waals surface area contributed by atoms with Crippen LogP contribution in [0.4, 0.5) is 21.9 Å². The number of para-hydroxylation sites is 1. The topological polar surface area (TPSA) is 61.4 Å². The van der Waals surface area contributed by atoms with E-state index in [1.165, 1.54) is 11.8 Å². The van der Waals surface area contributed by atoms with Crippen LogP contribution in [0.15, 0.2) is 101 Å². The monoisotopic (exact) mass is 581 g/mol. The third-order valence-electron chi connectivity index (χ3n) is 6.20. The smallest absolute Gasteiger partial charge is 0.324 e. The van der Waals surface area contributed by atoms with Crippen LogP contribution in [0.25, 0.3) is 0 Å². The van der Waals surface area contributed by atoms with Crippen molar-refractivity contribution in [2.24, 2.45) is 0 Å². The fourth-order valence-corrected chi connectivity index (χ4v) is 6.98. The fourth-order valence-electron chi connectivity index (χ4n) is 4.36. The van der Waals surface area contributed by atoms with Crippen molar-refractivity contribution < 1.29 is 9.59 Å². The number of thioether (sulfide) groups is 2. The second-order valence-electron chi connectivity index (χ2n) is 8.74. The first kappa shape index (κ1) is 26.8. The van der Waals surface area contributed by atoms with Crippen LogP contribution in [0.1, 0.15) is 13.3 Å². The van der Waals surface area contributed by atoms with E-state index < -0.39 is 0 Å². The van der Waals surface area contributed by atoms with Crippen molar-refractivity contribution in [3.05, 3.63) is 101 Å². The molecule has 3 aromatic rings. The SMILES string of the molecule is CCC(Sc1cccc(NC(=O)N2c3ccccc3SC3C=CC=CC32)c1)C(=O)Nc1cccc(Cl)c1Cl. The predicted octanol–water partition coefficient (Wildman–Crippen LogP) is 8.51. The lowest BCUT2D eigenvalue weighted by Gasteiger charge is -2.40. The molecule has 0 saturated heterocycles. The normalized spacial score (nSPS) is 18.3. The van der Waals surface area contributed by atoms with E-state index in [1.54, 1.807) is 30.0 Å². The first-order chi connectivity index (χ1) is 18.4. The van der Waals surface area contributed by atoms with Crippen LogP contribution < -0.4 is 15.5 Å². The lowest BCUT2D eigenvalue weighted by atomic mass is 10.1. The molecule has 2 N–H and O–H groups in total. The van der Waals surface area contributed by atoms with Crippen LogP contribution in [0.5, 0.6) is 0 Å². The molecule has 1 heterocycles. The van der Waals surface area contributed by atoms with Crippen molar-refractivity contribution in [1.29, 1.82) is 0 Å². The maximum atomic E-state index is 13.6. The van der Waals surface area contributed by atoms with Gasteiger partial charge in [-0.2, -0.15) is 0 Å². The average molecular weight is 583 g/mol. The number of urea groups is 1. The average Bonchev–Trinajstić information content (AvgIpc) is 2.93. The Morgan fingerprint density at radius 1 is 1.00 bits per heavy atom. The maximum absolute atomic E-state index is 13.6. The summed E-state index contributed by atoms with van der Waals surface area (Å²) in [6, 6.07) is 20.4. The van der Waals surface area contributed by atoms with E-state index in [0.29, 0.717) is 27.8 Å². The Hall–Kier alpha value is -2.84. The summed E-state index contributed by atoms with van der Waals surface area (Å²) in [7, 11) is 0. The van der Waals surface area contributed by atoms with Gasteiger partial charge in [0.25, 0.3) is 0 Å². The molecule has 5 rings (SSSR count).